The van der Waals surface area contributed by atoms with Crippen molar-refractivity contribution in [1.29, 1.82) is 0 Å². The third kappa shape index (κ3) is 3.71. The minimum atomic E-state index is -0.213. The fraction of sp³-hybridized carbons (Fsp3) is 0.304. The average Bonchev–Trinajstić information content (AvgIpc) is 2.71. The van der Waals surface area contributed by atoms with Gasteiger partial charge in [-0.3, -0.25) is 0 Å². The van der Waals surface area contributed by atoms with E-state index in [1.54, 1.807) is 12.7 Å². The lowest BCUT2D eigenvalue weighted by atomic mass is 9.86. The van der Waals surface area contributed by atoms with Gasteiger partial charge in [-0.1, -0.05) is 49.8 Å². The summed E-state index contributed by atoms with van der Waals surface area (Å²) in [6.45, 7) is 10.9. The Hall–Kier alpha value is -2.18. The van der Waals surface area contributed by atoms with Crippen LogP contribution in [0.1, 0.15) is 45.9 Å². The van der Waals surface area contributed by atoms with Crippen molar-refractivity contribution in [3.8, 4) is 11.3 Å². The molecule has 0 spiro atoms. The van der Waals surface area contributed by atoms with Crippen LogP contribution in [0, 0.1) is 0 Å². The largest absolute Gasteiger partial charge is 0.239 e. The Balaban J connectivity index is 1.92. The van der Waals surface area contributed by atoms with Gasteiger partial charge in [0, 0.05) is 16.3 Å². The first-order chi connectivity index (χ1) is 13.7. The summed E-state index contributed by atoms with van der Waals surface area (Å²) in [5, 5.41) is 2.09. The molecule has 0 aliphatic rings. The minimum Gasteiger partial charge on any atom is -0.239 e. The predicted octanol–water partition coefficient (Wildman–Crippen LogP) is 6.35. The van der Waals surface area contributed by atoms with Crippen LogP contribution in [0.2, 0.25) is 0 Å². The van der Waals surface area contributed by atoms with Crippen molar-refractivity contribution in [2.24, 2.45) is 0 Å². The van der Waals surface area contributed by atoms with Gasteiger partial charge in [0.25, 0.3) is 0 Å². The molecule has 2 aromatic heterocycles. The summed E-state index contributed by atoms with van der Waals surface area (Å²) in [4.78, 5) is 18.1. The summed E-state index contributed by atoms with van der Waals surface area (Å²) < 4.78 is -0.213. The van der Waals surface area contributed by atoms with E-state index in [0.29, 0.717) is 0 Å². The van der Waals surface area contributed by atoms with Crippen molar-refractivity contribution in [1.82, 2.24) is 19.9 Å². The van der Waals surface area contributed by atoms with Crippen LogP contribution in [0.3, 0.4) is 0 Å². The van der Waals surface area contributed by atoms with Crippen LogP contribution in [0.25, 0.3) is 33.1 Å². The van der Waals surface area contributed by atoms with Gasteiger partial charge in [-0.15, -0.1) is 11.7 Å². The molecule has 4 rings (SSSR count). The van der Waals surface area contributed by atoms with Gasteiger partial charge in [0.1, 0.15) is 12.7 Å². The predicted molar refractivity (Wildman–Crippen MR) is 126 cm³/mol. The second-order valence-corrected chi connectivity index (χ2v) is 10.5. The summed E-state index contributed by atoms with van der Waals surface area (Å²) in [7, 11) is 1.48. The SMILES string of the molecule is CC(C)(C)c1ccc2ncnc(-c3ccc4c(C(C)(C)SS)ncnc4c3)c2c1. The molecule has 4 nitrogen and oxygen atoms in total. The zero-order valence-electron chi connectivity index (χ0n) is 17.3. The maximum absolute atomic E-state index is 4.62. The Morgan fingerprint density at radius 3 is 2.21 bits per heavy atom. The number of aromatic nitrogens is 4. The summed E-state index contributed by atoms with van der Waals surface area (Å²) in [5.41, 5.74) is 6.10. The molecule has 0 fully saturated rings. The van der Waals surface area contributed by atoms with Crippen molar-refractivity contribution in [3.05, 3.63) is 60.3 Å². The second-order valence-electron chi connectivity index (χ2n) is 8.76. The van der Waals surface area contributed by atoms with Crippen molar-refractivity contribution < 1.29 is 0 Å². The lowest BCUT2D eigenvalue weighted by molar-refractivity contribution is 0.591. The molecule has 0 aliphatic heterocycles. The topological polar surface area (TPSA) is 51.6 Å². The van der Waals surface area contributed by atoms with Gasteiger partial charge in [0.05, 0.1) is 27.2 Å². The van der Waals surface area contributed by atoms with E-state index in [0.717, 1.165) is 38.8 Å². The molecule has 0 radical (unpaired) electrons. The van der Waals surface area contributed by atoms with Gasteiger partial charge in [-0.05, 0) is 43.0 Å². The first kappa shape index (κ1) is 20.1. The number of hydrogen-bond acceptors (Lipinski definition) is 6. The van der Waals surface area contributed by atoms with Gasteiger partial charge in [0.2, 0.25) is 0 Å². The highest BCUT2D eigenvalue weighted by atomic mass is 33.1. The molecule has 0 aliphatic carbocycles. The minimum absolute atomic E-state index is 0.0585. The Kier molecular flexibility index (Phi) is 5.03. The zero-order valence-corrected chi connectivity index (χ0v) is 19.0. The molecular formula is C23H24N4S2. The first-order valence-corrected chi connectivity index (χ1v) is 11.4. The number of nitrogens with zero attached hydrogens (tertiary/aromatic N) is 4. The highest BCUT2D eigenvalue weighted by Gasteiger charge is 2.24. The second kappa shape index (κ2) is 7.26. The van der Waals surface area contributed by atoms with E-state index in [4.69, 9.17) is 0 Å². The van der Waals surface area contributed by atoms with Gasteiger partial charge >= 0.3 is 0 Å². The standard InChI is InChI=1S/C23H24N4S2/c1-22(2,3)15-7-9-18-17(11-15)20(26-12-24-18)14-6-8-16-19(10-14)25-13-27-21(16)23(4,5)29-28/h6-13,28H,1-5H3. The Morgan fingerprint density at radius 2 is 1.48 bits per heavy atom. The number of fused-ring (bicyclic) bond motifs is 2. The Bertz CT molecular complexity index is 1210. The Morgan fingerprint density at radius 1 is 0.759 bits per heavy atom. The van der Waals surface area contributed by atoms with Crippen LogP contribution < -0.4 is 0 Å². The van der Waals surface area contributed by atoms with E-state index in [9.17, 15) is 0 Å². The fourth-order valence-electron chi connectivity index (χ4n) is 3.48. The van der Waals surface area contributed by atoms with E-state index in [1.165, 1.54) is 16.4 Å². The average molecular weight is 421 g/mol. The van der Waals surface area contributed by atoms with Crippen LogP contribution >= 0.6 is 22.5 Å². The molecule has 4 aromatic rings. The van der Waals surface area contributed by atoms with E-state index in [-0.39, 0.29) is 10.2 Å². The molecule has 0 atom stereocenters. The molecule has 6 heteroatoms. The van der Waals surface area contributed by atoms with Gasteiger partial charge in [0.15, 0.2) is 0 Å². The third-order valence-corrected chi connectivity index (χ3v) is 7.23. The van der Waals surface area contributed by atoms with Crippen molar-refractivity contribution >= 4 is 44.3 Å². The fourth-order valence-corrected chi connectivity index (χ4v) is 3.99. The van der Waals surface area contributed by atoms with Crippen LogP contribution in [0.5, 0.6) is 0 Å². The quantitative estimate of drug-likeness (QED) is 0.309. The molecule has 0 N–H and O–H groups in total. The van der Waals surface area contributed by atoms with Gasteiger partial charge in [-0.25, -0.2) is 19.9 Å². The summed E-state index contributed by atoms with van der Waals surface area (Å²) in [6.07, 6.45) is 3.26. The van der Waals surface area contributed by atoms with Crippen LogP contribution in [-0.2, 0) is 10.2 Å². The van der Waals surface area contributed by atoms with Crippen molar-refractivity contribution in [2.45, 2.75) is 44.8 Å². The maximum atomic E-state index is 4.62. The normalized spacial score (nSPS) is 12.6. The first-order valence-electron chi connectivity index (χ1n) is 9.54. The van der Waals surface area contributed by atoms with E-state index in [1.807, 2.05) is 0 Å². The molecule has 29 heavy (non-hydrogen) atoms. The number of benzene rings is 2. The smallest absolute Gasteiger partial charge is 0.116 e. The lowest BCUT2D eigenvalue weighted by Crippen LogP contribution is -2.13. The molecule has 0 unspecified atom stereocenters. The van der Waals surface area contributed by atoms with E-state index in [2.05, 4.69) is 103 Å². The number of hydrogen-bond donors (Lipinski definition) is 1. The molecule has 0 saturated carbocycles. The molecular weight excluding hydrogens is 396 g/mol. The molecule has 0 bridgehead atoms. The lowest BCUT2D eigenvalue weighted by Gasteiger charge is -2.22. The van der Waals surface area contributed by atoms with Gasteiger partial charge < -0.3 is 0 Å². The summed E-state index contributed by atoms with van der Waals surface area (Å²) in [6, 6.07) is 12.7. The molecule has 2 heterocycles. The highest BCUT2D eigenvalue weighted by molar-refractivity contribution is 8.69. The number of thiol groups is 1. The van der Waals surface area contributed by atoms with Crippen molar-refractivity contribution in [2.75, 3.05) is 0 Å². The molecule has 2 aromatic carbocycles. The Labute approximate surface area is 180 Å². The van der Waals surface area contributed by atoms with E-state index >= 15 is 0 Å². The monoisotopic (exact) mass is 420 g/mol. The van der Waals surface area contributed by atoms with Crippen molar-refractivity contribution in [3.63, 3.8) is 0 Å². The zero-order chi connectivity index (χ0) is 20.8. The van der Waals surface area contributed by atoms with Crippen LogP contribution in [0.4, 0.5) is 0 Å². The van der Waals surface area contributed by atoms with Gasteiger partial charge in [-0.2, -0.15) is 0 Å². The van der Waals surface area contributed by atoms with Crippen LogP contribution in [-0.4, -0.2) is 19.9 Å². The molecule has 0 saturated heterocycles. The number of rotatable bonds is 3. The summed E-state index contributed by atoms with van der Waals surface area (Å²) >= 11 is 4.43. The highest BCUT2D eigenvalue weighted by Crippen LogP contribution is 2.40. The summed E-state index contributed by atoms with van der Waals surface area (Å²) in [5.74, 6) is 0. The maximum Gasteiger partial charge on any atom is 0.116 e. The van der Waals surface area contributed by atoms with Crippen LogP contribution in [0.15, 0.2) is 49.1 Å². The third-order valence-electron chi connectivity index (χ3n) is 5.21. The molecule has 148 valence electrons. The van der Waals surface area contributed by atoms with E-state index < -0.39 is 0 Å². The molecule has 0 amide bonds.